The van der Waals surface area contributed by atoms with Crippen LogP contribution < -0.4 is 5.32 Å². The molecule has 35 heavy (non-hydrogen) atoms. The van der Waals surface area contributed by atoms with Crippen LogP contribution in [0.4, 0.5) is 4.79 Å². The number of thioether (sulfide) groups is 1. The smallest absolute Gasteiger partial charge is 0.408 e. The molecule has 188 valence electrons. The lowest BCUT2D eigenvalue weighted by Crippen LogP contribution is -2.58. The molecular weight excluding hydrogens is 470 g/mol. The minimum Gasteiger partial charge on any atom is -0.466 e. The van der Waals surface area contributed by atoms with Gasteiger partial charge in [-0.2, -0.15) is 0 Å². The van der Waals surface area contributed by atoms with Crippen LogP contribution in [0.5, 0.6) is 0 Å². The molecule has 0 radical (unpaired) electrons. The van der Waals surface area contributed by atoms with E-state index in [1.165, 1.54) is 11.8 Å². The Kier molecular flexibility index (Phi) is 7.21. The monoisotopic (exact) mass is 501 g/mol. The molecule has 2 aliphatic carbocycles. The van der Waals surface area contributed by atoms with E-state index >= 15 is 0 Å². The number of nitrogens with zero attached hydrogens (tertiary/aromatic N) is 2. The van der Waals surface area contributed by atoms with Crippen LogP contribution in [0.15, 0.2) is 40.3 Å². The van der Waals surface area contributed by atoms with Gasteiger partial charge in [0.15, 0.2) is 5.17 Å². The molecule has 1 N–H and O–H groups in total. The molecule has 0 spiro atoms. The maximum atomic E-state index is 13.7. The standard InChI is InChI=1S/C25H31N3O6S/c1-5-32-20(29)18-17-16(35-22-26-11-12-27-22)13-25(19(17)18,28-23(31)34-24(2,3)4)21(30)33-14-15-9-7-6-8-10-15/h6-11,16-19H,5,12-14H2,1-4H3,(H,28,31)/t16-,17-,18-,19-,25-/m0/s1. The third kappa shape index (κ3) is 5.52. The quantitative estimate of drug-likeness (QED) is 0.450. The molecule has 1 heterocycles. The molecule has 1 aromatic carbocycles. The van der Waals surface area contributed by atoms with Crippen LogP contribution >= 0.6 is 11.8 Å². The lowest BCUT2D eigenvalue weighted by atomic mass is 9.90. The minimum absolute atomic E-state index is 0.0493. The molecule has 3 aliphatic rings. The number of ether oxygens (including phenoxy) is 3. The van der Waals surface area contributed by atoms with E-state index in [9.17, 15) is 14.4 Å². The molecule has 4 rings (SSSR count). The molecule has 1 amide bonds. The molecule has 0 aromatic heterocycles. The summed E-state index contributed by atoms with van der Waals surface area (Å²) in [6.07, 6.45) is 1.25. The Bertz CT molecular complexity index is 1040. The van der Waals surface area contributed by atoms with Crippen molar-refractivity contribution in [1.29, 1.82) is 0 Å². The van der Waals surface area contributed by atoms with Crippen LogP contribution in [0, 0.1) is 17.8 Å². The average molecular weight is 502 g/mol. The van der Waals surface area contributed by atoms with E-state index in [4.69, 9.17) is 14.2 Å². The van der Waals surface area contributed by atoms with Crippen molar-refractivity contribution in [2.75, 3.05) is 13.2 Å². The molecule has 2 saturated carbocycles. The Morgan fingerprint density at radius 1 is 1.17 bits per heavy atom. The zero-order valence-corrected chi connectivity index (χ0v) is 21.2. The lowest BCUT2D eigenvalue weighted by Gasteiger charge is -2.33. The molecule has 5 atom stereocenters. The fraction of sp³-hybridized carbons (Fsp3) is 0.560. The Hall–Kier alpha value is -2.88. The van der Waals surface area contributed by atoms with Gasteiger partial charge in [0.1, 0.15) is 17.7 Å². The number of carbonyl (C=O) groups is 3. The Morgan fingerprint density at radius 3 is 2.54 bits per heavy atom. The van der Waals surface area contributed by atoms with Crippen molar-refractivity contribution in [2.45, 2.75) is 57.1 Å². The highest BCUT2D eigenvalue weighted by Gasteiger charge is 2.76. The van der Waals surface area contributed by atoms with Crippen LogP contribution in [0.3, 0.4) is 0 Å². The van der Waals surface area contributed by atoms with Crippen molar-refractivity contribution in [1.82, 2.24) is 5.32 Å². The lowest BCUT2D eigenvalue weighted by molar-refractivity contribution is -0.155. The normalized spacial score (nSPS) is 28.6. The summed E-state index contributed by atoms with van der Waals surface area (Å²) in [4.78, 5) is 48.0. The predicted octanol–water partition coefficient (Wildman–Crippen LogP) is 3.36. The van der Waals surface area contributed by atoms with Crippen LogP contribution in [0.2, 0.25) is 0 Å². The van der Waals surface area contributed by atoms with Crippen molar-refractivity contribution in [3.8, 4) is 0 Å². The van der Waals surface area contributed by atoms with Gasteiger partial charge in [0.25, 0.3) is 0 Å². The largest absolute Gasteiger partial charge is 0.466 e. The van der Waals surface area contributed by atoms with Gasteiger partial charge in [-0.15, -0.1) is 0 Å². The van der Waals surface area contributed by atoms with Crippen molar-refractivity contribution in [3.05, 3.63) is 35.9 Å². The van der Waals surface area contributed by atoms with E-state index in [1.807, 2.05) is 30.3 Å². The zero-order chi connectivity index (χ0) is 25.2. The Morgan fingerprint density at radius 2 is 1.91 bits per heavy atom. The summed E-state index contributed by atoms with van der Waals surface area (Å²) in [5.74, 6) is -2.16. The molecule has 0 unspecified atom stereocenters. The molecule has 0 bridgehead atoms. The average Bonchev–Trinajstić information content (AvgIpc) is 3.19. The van der Waals surface area contributed by atoms with Crippen molar-refractivity contribution in [3.63, 3.8) is 0 Å². The topological polar surface area (TPSA) is 116 Å². The number of amides is 1. The third-order valence-electron chi connectivity index (χ3n) is 6.22. The fourth-order valence-corrected chi connectivity index (χ4v) is 6.31. The first-order valence-electron chi connectivity index (χ1n) is 11.8. The summed E-state index contributed by atoms with van der Waals surface area (Å²) in [6, 6.07) is 9.30. The Balaban J connectivity index is 1.62. The predicted molar refractivity (Wildman–Crippen MR) is 132 cm³/mol. The number of hydrogen-bond donors (Lipinski definition) is 1. The second-order valence-electron chi connectivity index (χ2n) is 9.84. The molecule has 0 saturated heterocycles. The zero-order valence-electron chi connectivity index (χ0n) is 20.4. The molecule has 1 aromatic rings. The van der Waals surface area contributed by atoms with Gasteiger partial charge in [-0.25, -0.2) is 14.6 Å². The molecular formula is C25H31N3O6S. The highest BCUT2D eigenvalue weighted by Crippen LogP contribution is 2.66. The van der Waals surface area contributed by atoms with Crippen LogP contribution in [-0.2, 0) is 30.4 Å². The van der Waals surface area contributed by atoms with Gasteiger partial charge in [0.05, 0.1) is 19.1 Å². The number of esters is 2. The van der Waals surface area contributed by atoms with Crippen LogP contribution in [0.1, 0.15) is 39.7 Å². The van der Waals surface area contributed by atoms with Gasteiger partial charge in [0, 0.05) is 17.4 Å². The number of carbonyl (C=O) groups excluding carboxylic acids is 3. The highest BCUT2D eigenvalue weighted by molar-refractivity contribution is 8.14. The summed E-state index contributed by atoms with van der Waals surface area (Å²) in [7, 11) is 0. The summed E-state index contributed by atoms with van der Waals surface area (Å²) >= 11 is 1.42. The van der Waals surface area contributed by atoms with E-state index in [1.54, 1.807) is 33.9 Å². The molecule has 9 nitrogen and oxygen atoms in total. The Labute approximate surface area is 209 Å². The minimum atomic E-state index is -1.43. The maximum Gasteiger partial charge on any atom is 0.408 e. The van der Waals surface area contributed by atoms with Crippen LogP contribution in [0.25, 0.3) is 0 Å². The van der Waals surface area contributed by atoms with Crippen molar-refractivity contribution in [2.24, 2.45) is 27.7 Å². The van der Waals surface area contributed by atoms with Gasteiger partial charge in [0.2, 0.25) is 0 Å². The van der Waals surface area contributed by atoms with E-state index in [0.717, 1.165) is 5.56 Å². The summed E-state index contributed by atoms with van der Waals surface area (Å²) < 4.78 is 16.5. The number of rotatable bonds is 7. The van der Waals surface area contributed by atoms with Gasteiger partial charge in [-0.1, -0.05) is 42.1 Å². The second kappa shape index (κ2) is 10.0. The molecule has 1 aliphatic heterocycles. The molecule has 10 heteroatoms. The highest BCUT2D eigenvalue weighted by atomic mass is 32.2. The number of nitrogens with one attached hydrogen (secondary N) is 1. The van der Waals surface area contributed by atoms with E-state index in [-0.39, 0.29) is 36.8 Å². The van der Waals surface area contributed by atoms with E-state index in [2.05, 4.69) is 15.3 Å². The van der Waals surface area contributed by atoms with E-state index < -0.39 is 35.0 Å². The third-order valence-corrected chi connectivity index (χ3v) is 7.45. The number of benzene rings is 1. The fourth-order valence-electron chi connectivity index (χ4n) is 4.91. The summed E-state index contributed by atoms with van der Waals surface area (Å²) in [5.41, 5.74) is -1.37. The number of hydrogen-bond acceptors (Lipinski definition) is 9. The number of alkyl carbamates (subject to hydrolysis) is 1. The second-order valence-corrected chi connectivity index (χ2v) is 11.0. The summed E-state index contributed by atoms with van der Waals surface area (Å²) in [6.45, 7) is 7.77. The van der Waals surface area contributed by atoms with Gasteiger partial charge in [-0.05, 0) is 45.6 Å². The van der Waals surface area contributed by atoms with E-state index in [0.29, 0.717) is 11.7 Å². The SMILES string of the molecule is CCOC(=O)[C@H]1[C@H]2[C@@H]1[C@](NC(=O)OC(C)(C)C)(C(=O)OCc1ccccc1)C[C@@H]2SC1=NCC=N1. The first-order chi connectivity index (χ1) is 16.6. The first-order valence-corrected chi connectivity index (χ1v) is 12.6. The van der Waals surface area contributed by atoms with Crippen molar-refractivity contribution >= 4 is 41.2 Å². The van der Waals surface area contributed by atoms with Crippen molar-refractivity contribution < 1.29 is 28.6 Å². The maximum absolute atomic E-state index is 13.7. The number of aliphatic imine (C=N–C) groups is 2. The van der Waals surface area contributed by atoms with Crippen LogP contribution in [-0.4, -0.2) is 59.0 Å². The van der Waals surface area contributed by atoms with Gasteiger partial charge >= 0.3 is 18.0 Å². The van der Waals surface area contributed by atoms with Gasteiger partial charge < -0.3 is 19.5 Å². The molecule has 2 fully saturated rings. The van der Waals surface area contributed by atoms with Gasteiger partial charge in [-0.3, -0.25) is 9.79 Å². The number of amidine groups is 1. The summed E-state index contributed by atoms with van der Waals surface area (Å²) in [5, 5.41) is 3.25. The number of fused-ring (bicyclic) bond motifs is 1. The first kappa shape index (κ1) is 25.2.